The average molecular weight is 244 g/mol. The maximum absolute atomic E-state index is 12.5. The molecule has 1 fully saturated rings. The molecule has 0 unspecified atom stereocenters. The first-order chi connectivity index (χ1) is 7.43. The molecule has 2 amide bonds. The number of ether oxygens (including phenoxy) is 1. The molecule has 0 atom stereocenters. The lowest BCUT2D eigenvalue weighted by Gasteiger charge is -2.27. The fourth-order valence-electron chi connectivity index (χ4n) is 1.15. The van der Waals surface area contributed by atoms with Crippen molar-refractivity contribution in [2.75, 3.05) is 32.8 Å². The summed E-state index contributed by atoms with van der Waals surface area (Å²) in [5.74, 6) is -4.19. The van der Waals surface area contributed by atoms with Crippen molar-refractivity contribution < 1.29 is 27.1 Å². The van der Waals surface area contributed by atoms with Gasteiger partial charge in [0, 0.05) is 13.1 Å². The first-order valence-corrected chi connectivity index (χ1v) is 4.70. The zero-order valence-electron chi connectivity index (χ0n) is 8.39. The number of halogens is 4. The second-order valence-electron chi connectivity index (χ2n) is 3.32. The van der Waals surface area contributed by atoms with Gasteiger partial charge < -0.3 is 15.0 Å². The Bertz CT molecular complexity index is 244. The number of amides is 2. The summed E-state index contributed by atoms with van der Waals surface area (Å²) in [7, 11) is 0. The van der Waals surface area contributed by atoms with Gasteiger partial charge >= 0.3 is 18.4 Å². The molecule has 1 N–H and O–H groups in total. The lowest BCUT2D eigenvalue weighted by atomic mass is 10.3. The van der Waals surface area contributed by atoms with Crippen LogP contribution >= 0.6 is 0 Å². The summed E-state index contributed by atoms with van der Waals surface area (Å²) in [6, 6.07) is -0.774. The monoisotopic (exact) mass is 244 g/mol. The summed E-state index contributed by atoms with van der Waals surface area (Å²) in [5, 5.41) is 1.78. The van der Waals surface area contributed by atoms with Crippen LogP contribution in [0.1, 0.15) is 0 Å². The van der Waals surface area contributed by atoms with Gasteiger partial charge in [-0.15, -0.1) is 0 Å². The number of hydrogen-bond donors (Lipinski definition) is 1. The van der Waals surface area contributed by atoms with Crippen molar-refractivity contribution in [3.63, 3.8) is 0 Å². The molecule has 8 heteroatoms. The van der Waals surface area contributed by atoms with Crippen LogP contribution in [0.5, 0.6) is 0 Å². The van der Waals surface area contributed by atoms with Crippen molar-refractivity contribution in [3.05, 3.63) is 0 Å². The molecule has 1 aliphatic heterocycles. The van der Waals surface area contributed by atoms with E-state index < -0.39 is 24.9 Å². The van der Waals surface area contributed by atoms with Crippen molar-refractivity contribution in [3.8, 4) is 0 Å². The summed E-state index contributed by atoms with van der Waals surface area (Å²) in [4.78, 5) is 12.5. The third-order valence-electron chi connectivity index (χ3n) is 2.09. The molecule has 0 radical (unpaired) electrons. The van der Waals surface area contributed by atoms with Crippen LogP contribution in [0.2, 0.25) is 0 Å². The topological polar surface area (TPSA) is 41.6 Å². The van der Waals surface area contributed by atoms with Gasteiger partial charge in [-0.05, 0) is 0 Å². The number of alkyl halides is 4. The van der Waals surface area contributed by atoms with Crippen molar-refractivity contribution >= 4 is 6.03 Å². The van der Waals surface area contributed by atoms with Gasteiger partial charge in [-0.1, -0.05) is 0 Å². The van der Waals surface area contributed by atoms with Crippen LogP contribution in [-0.2, 0) is 4.74 Å². The smallest absolute Gasteiger partial charge is 0.324 e. The molecule has 1 saturated heterocycles. The minimum absolute atomic E-state index is 0.270. The molecule has 4 nitrogen and oxygen atoms in total. The van der Waals surface area contributed by atoms with Crippen LogP contribution in [0.15, 0.2) is 0 Å². The van der Waals surface area contributed by atoms with E-state index >= 15 is 0 Å². The first-order valence-electron chi connectivity index (χ1n) is 4.70. The Morgan fingerprint density at radius 3 is 2.44 bits per heavy atom. The van der Waals surface area contributed by atoms with E-state index in [9.17, 15) is 22.4 Å². The van der Waals surface area contributed by atoms with Crippen LogP contribution < -0.4 is 5.32 Å². The number of rotatable bonds is 3. The van der Waals surface area contributed by atoms with Gasteiger partial charge in [-0.2, -0.15) is 8.78 Å². The molecule has 16 heavy (non-hydrogen) atoms. The Balaban J connectivity index is 2.34. The number of nitrogens with zero attached hydrogens (tertiary/aromatic N) is 1. The molecule has 0 aromatic rings. The van der Waals surface area contributed by atoms with Gasteiger partial charge in [0.05, 0.1) is 19.8 Å². The lowest BCUT2D eigenvalue weighted by molar-refractivity contribution is -0.123. The fraction of sp³-hybridized carbons (Fsp3) is 0.875. The highest BCUT2D eigenvalue weighted by Gasteiger charge is 2.41. The van der Waals surface area contributed by atoms with Crippen molar-refractivity contribution in [2.45, 2.75) is 12.3 Å². The van der Waals surface area contributed by atoms with Crippen LogP contribution in [0, 0.1) is 0 Å². The first kappa shape index (κ1) is 13.0. The molecule has 0 spiro atoms. The third kappa shape index (κ3) is 3.51. The molecule has 94 valence electrons. The van der Waals surface area contributed by atoms with E-state index in [2.05, 4.69) is 0 Å². The van der Waals surface area contributed by atoms with E-state index in [-0.39, 0.29) is 13.1 Å². The van der Waals surface area contributed by atoms with Crippen molar-refractivity contribution in [1.82, 2.24) is 10.2 Å². The lowest BCUT2D eigenvalue weighted by Crippen LogP contribution is -2.50. The quantitative estimate of drug-likeness (QED) is 0.750. The van der Waals surface area contributed by atoms with E-state index in [4.69, 9.17) is 4.74 Å². The van der Waals surface area contributed by atoms with Gasteiger partial charge in [0.15, 0.2) is 0 Å². The standard InChI is InChI=1S/C8H12F4N2O2/c9-6(10)8(11,12)5-13-7(15)14-1-3-16-4-2-14/h6H,1-5H2,(H,13,15). The third-order valence-corrected chi connectivity index (χ3v) is 2.09. The highest BCUT2D eigenvalue weighted by atomic mass is 19.3. The molecular formula is C8H12F4N2O2. The van der Waals surface area contributed by atoms with Crippen LogP contribution in [0.3, 0.4) is 0 Å². The maximum Gasteiger partial charge on any atom is 0.324 e. The fourth-order valence-corrected chi connectivity index (χ4v) is 1.15. The van der Waals surface area contributed by atoms with Gasteiger partial charge in [0.2, 0.25) is 0 Å². The summed E-state index contributed by atoms with van der Waals surface area (Å²) in [6.45, 7) is -0.184. The van der Waals surface area contributed by atoms with Gasteiger partial charge in [-0.3, -0.25) is 0 Å². The Labute approximate surface area is 89.5 Å². The second-order valence-corrected chi connectivity index (χ2v) is 3.32. The maximum atomic E-state index is 12.5. The molecule has 1 aliphatic rings. The zero-order chi connectivity index (χ0) is 12.2. The molecule has 0 aliphatic carbocycles. The van der Waals surface area contributed by atoms with Gasteiger partial charge in [0.25, 0.3) is 0 Å². The number of urea groups is 1. The SMILES string of the molecule is O=C(NCC(F)(F)C(F)F)N1CCOCC1. The Kier molecular flexibility index (Phi) is 4.34. The van der Waals surface area contributed by atoms with Crippen LogP contribution in [0.25, 0.3) is 0 Å². The average Bonchev–Trinajstić information content (AvgIpc) is 2.27. The minimum atomic E-state index is -4.19. The zero-order valence-corrected chi connectivity index (χ0v) is 8.39. The molecule has 1 rings (SSSR count). The predicted molar refractivity (Wildman–Crippen MR) is 46.7 cm³/mol. The number of carbonyl (C=O) groups is 1. The van der Waals surface area contributed by atoms with E-state index in [1.165, 1.54) is 4.90 Å². The summed E-state index contributed by atoms with van der Waals surface area (Å²) in [5.41, 5.74) is 0. The van der Waals surface area contributed by atoms with E-state index in [0.717, 1.165) is 0 Å². The Morgan fingerprint density at radius 1 is 1.38 bits per heavy atom. The molecule has 0 aromatic carbocycles. The number of morpholine rings is 1. The van der Waals surface area contributed by atoms with Gasteiger partial charge in [0.1, 0.15) is 0 Å². The van der Waals surface area contributed by atoms with E-state index in [1.807, 2.05) is 0 Å². The molecule has 1 heterocycles. The highest BCUT2D eigenvalue weighted by Crippen LogP contribution is 2.21. The molecule has 0 saturated carbocycles. The molecular weight excluding hydrogens is 232 g/mol. The van der Waals surface area contributed by atoms with E-state index in [0.29, 0.717) is 13.2 Å². The summed E-state index contributed by atoms with van der Waals surface area (Å²) < 4.78 is 53.4. The number of hydrogen-bond acceptors (Lipinski definition) is 2. The van der Waals surface area contributed by atoms with Crippen LogP contribution in [0.4, 0.5) is 22.4 Å². The van der Waals surface area contributed by atoms with E-state index in [1.54, 1.807) is 5.32 Å². The predicted octanol–water partition coefficient (Wildman–Crippen LogP) is 0.929. The highest BCUT2D eigenvalue weighted by molar-refractivity contribution is 5.74. The number of nitrogens with one attached hydrogen (secondary N) is 1. The van der Waals surface area contributed by atoms with Crippen molar-refractivity contribution in [2.24, 2.45) is 0 Å². The summed E-state index contributed by atoms with van der Waals surface area (Å²) >= 11 is 0. The second kappa shape index (κ2) is 5.33. The van der Waals surface area contributed by atoms with Gasteiger partial charge in [-0.25, -0.2) is 13.6 Å². The number of carbonyl (C=O) groups excluding carboxylic acids is 1. The largest absolute Gasteiger partial charge is 0.378 e. The molecule has 0 bridgehead atoms. The Hall–Kier alpha value is -1.05. The van der Waals surface area contributed by atoms with Crippen LogP contribution in [-0.4, -0.2) is 56.1 Å². The minimum Gasteiger partial charge on any atom is -0.378 e. The Morgan fingerprint density at radius 2 is 1.94 bits per heavy atom. The summed E-state index contributed by atoms with van der Waals surface area (Å²) in [6.07, 6.45) is -3.78. The molecule has 0 aromatic heterocycles. The van der Waals surface area contributed by atoms with Crippen molar-refractivity contribution in [1.29, 1.82) is 0 Å². The normalized spacial score (nSPS) is 17.7.